The first-order chi connectivity index (χ1) is 9.28. The van der Waals surface area contributed by atoms with Crippen molar-refractivity contribution in [3.8, 4) is 5.75 Å². The van der Waals surface area contributed by atoms with Crippen molar-refractivity contribution >= 4 is 17.7 Å². The topological polar surface area (TPSA) is 35.5 Å². The van der Waals surface area contributed by atoms with Gasteiger partial charge in [0.15, 0.2) is 0 Å². The van der Waals surface area contributed by atoms with Crippen LogP contribution in [0.1, 0.15) is 6.42 Å². The predicted molar refractivity (Wildman–Crippen MR) is 73.8 cm³/mol. The molecule has 96 valence electrons. The number of allylic oxidation sites excluding steroid dienone is 3. The average molecular weight is 272 g/mol. The van der Waals surface area contributed by atoms with Gasteiger partial charge >= 0.3 is 5.97 Å². The normalized spacial score (nSPS) is 16.8. The fourth-order valence-corrected chi connectivity index (χ4v) is 2.98. The number of rotatable bonds is 1. The summed E-state index contributed by atoms with van der Waals surface area (Å²) in [5.41, 5.74) is 1.65. The van der Waals surface area contributed by atoms with Crippen LogP contribution in [0, 0.1) is 0 Å². The highest BCUT2D eigenvalue weighted by atomic mass is 32.2. The van der Waals surface area contributed by atoms with E-state index >= 15 is 0 Å². The molecule has 19 heavy (non-hydrogen) atoms. The van der Waals surface area contributed by atoms with E-state index in [9.17, 15) is 4.79 Å². The molecular formula is C15H12O3S. The molecule has 0 fully saturated rings. The van der Waals surface area contributed by atoms with Crippen molar-refractivity contribution in [2.24, 2.45) is 0 Å². The lowest BCUT2D eigenvalue weighted by atomic mass is 10.0. The van der Waals surface area contributed by atoms with Gasteiger partial charge in [0.05, 0.1) is 18.3 Å². The van der Waals surface area contributed by atoms with Crippen molar-refractivity contribution in [2.75, 3.05) is 7.11 Å². The molecule has 0 unspecified atom stereocenters. The summed E-state index contributed by atoms with van der Waals surface area (Å²) >= 11 is 1.65. The Morgan fingerprint density at radius 1 is 1.32 bits per heavy atom. The first-order valence-corrected chi connectivity index (χ1v) is 6.71. The van der Waals surface area contributed by atoms with Gasteiger partial charge in [0.25, 0.3) is 0 Å². The summed E-state index contributed by atoms with van der Waals surface area (Å²) in [6.45, 7) is 0. The van der Waals surface area contributed by atoms with Crippen LogP contribution in [0.5, 0.6) is 5.75 Å². The lowest BCUT2D eigenvalue weighted by Crippen LogP contribution is -2.08. The van der Waals surface area contributed by atoms with E-state index in [4.69, 9.17) is 9.47 Å². The Morgan fingerprint density at radius 3 is 3.00 bits per heavy atom. The van der Waals surface area contributed by atoms with E-state index in [0.29, 0.717) is 12.0 Å². The molecule has 1 aromatic carbocycles. The second-order valence-corrected chi connectivity index (χ2v) is 5.28. The second kappa shape index (κ2) is 4.97. The number of methoxy groups -OCH3 is 1. The van der Waals surface area contributed by atoms with Gasteiger partial charge in [0, 0.05) is 22.5 Å². The van der Waals surface area contributed by atoms with Crippen molar-refractivity contribution in [1.29, 1.82) is 0 Å². The summed E-state index contributed by atoms with van der Waals surface area (Å²) in [5.74, 6) is 0.554. The standard InChI is InChI=1S/C15H12O3S/c1-17-15(16)10-6-7-13-11(8-10)9-18-12-4-2-3-5-14(12)19-13/h2-7,9H,8H2,1H3. The maximum Gasteiger partial charge on any atom is 0.334 e. The van der Waals surface area contributed by atoms with Gasteiger partial charge in [-0.05, 0) is 18.2 Å². The van der Waals surface area contributed by atoms with Crippen LogP contribution < -0.4 is 4.74 Å². The first kappa shape index (κ1) is 12.1. The zero-order valence-corrected chi connectivity index (χ0v) is 11.2. The quantitative estimate of drug-likeness (QED) is 0.734. The number of hydrogen-bond donors (Lipinski definition) is 0. The van der Waals surface area contributed by atoms with Gasteiger partial charge < -0.3 is 9.47 Å². The molecule has 0 amide bonds. The molecule has 4 heteroatoms. The lowest BCUT2D eigenvalue weighted by Gasteiger charge is -2.14. The third-order valence-corrected chi connectivity index (χ3v) is 4.15. The number of carbonyl (C=O) groups excluding carboxylic acids is 1. The maximum atomic E-state index is 11.6. The van der Waals surface area contributed by atoms with Crippen molar-refractivity contribution in [3.05, 3.63) is 58.7 Å². The molecule has 0 radical (unpaired) electrons. The molecule has 1 aliphatic heterocycles. The Bertz CT molecular complexity index is 626. The van der Waals surface area contributed by atoms with Gasteiger partial charge in [-0.1, -0.05) is 30.0 Å². The minimum atomic E-state index is -0.289. The largest absolute Gasteiger partial charge is 0.466 e. The highest BCUT2D eigenvalue weighted by molar-refractivity contribution is 8.03. The summed E-state index contributed by atoms with van der Waals surface area (Å²) < 4.78 is 10.4. The van der Waals surface area contributed by atoms with Crippen LogP contribution in [0.4, 0.5) is 0 Å². The van der Waals surface area contributed by atoms with Crippen LogP contribution in [0.3, 0.4) is 0 Å². The number of ether oxygens (including phenoxy) is 2. The third-order valence-electron chi connectivity index (χ3n) is 2.98. The van der Waals surface area contributed by atoms with E-state index in [2.05, 4.69) is 0 Å². The van der Waals surface area contributed by atoms with E-state index in [0.717, 1.165) is 21.1 Å². The number of para-hydroxylation sites is 1. The van der Waals surface area contributed by atoms with Gasteiger partial charge in [-0.25, -0.2) is 4.79 Å². The Balaban J connectivity index is 1.95. The van der Waals surface area contributed by atoms with Crippen molar-refractivity contribution < 1.29 is 14.3 Å². The lowest BCUT2D eigenvalue weighted by molar-refractivity contribution is -0.136. The van der Waals surface area contributed by atoms with E-state index in [1.807, 2.05) is 36.4 Å². The molecule has 0 spiro atoms. The number of thioether (sulfide) groups is 1. The molecule has 0 bridgehead atoms. The monoisotopic (exact) mass is 272 g/mol. The first-order valence-electron chi connectivity index (χ1n) is 5.90. The van der Waals surface area contributed by atoms with Crippen molar-refractivity contribution in [2.45, 2.75) is 11.3 Å². The molecule has 0 saturated carbocycles. The highest BCUT2D eigenvalue weighted by Gasteiger charge is 2.22. The smallest absolute Gasteiger partial charge is 0.334 e. The summed E-state index contributed by atoms with van der Waals surface area (Å²) in [7, 11) is 1.39. The Kier molecular flexibility index (Phi) is 3.17. The summed E-state index contributed by atoms with van der Waals surface area (Å²) in [5, 5.41) is 0. The second-order valence-electron chi connectivity index (χ2n) is 4.20. The molecule has 3 nitrogen and oxygen atoms in total. The van der Waals surface area contributed by atoms with Crippen molar-refractivity contribution in [1.82, 2.24) is 0 Å². The molecule has 3 rings (SSSR count). The summed E-state index contributed by atoms with van der Waals surface area (Å²) in [6, 6.07) is 7.89. The highest BCUT2D eigenvalue weighted by Crippen LogP contribution is 2.43. The average Bonchev–Trinajstić information content (AvgIpc) is 2.64. The van der Waals surface area contributed by atoms with Gasteiger partial charge in [-0.3, -0.25) is 0 Å². The molecule has 1 aromatic rings. The molecule has 1 aliphatic carbocycles. The van der Waals surface area contributed by atoms with Crippen LogP contribution >= 0.6 is 11.8 Å². The van der Waals surface area contributed by atoms with Crippen LogP contribution in [0.15, 0.2) is 63.6 Å². The molecular weight excluding hydrogens is 260 g/mol. The number of esters is 1. The van der Waals surface area contributed by atoms with E-state index in [1.54, 1.807) is 18.0 Å². The Labute approximate surface area is 115 Å². The predicted octanol–water partition coefficient (Wildman–Crippen LogP) is 3.44. The SMILES string of the molecule is COC(=O)C1=CC=C2Sc3ccccc3OC=C2C1. The van der Waals surface area contributed by atoms with Crippen LogP contribution in [-0.2, 0) is 9.53 Å². The van der Waals surface area contributed by atoms with Crippen LogP contribution in [0.25, 0.3) is 0 Å². The summed E-state index contributed by atoms with van der Waals surface area (Å²) in [4.78, 5) is 13.7. The molecule has 0 aromatic heterocycles. The van der Waals surface area contributed by atoms with Gasteiger partial charge in [-0.2, -0.15) is 0 Å². The van der Waals surface area contributed by atoms with E-state index < -0.39 is 0 Å². The number of benzene rings is 1. The molecule has 0 saturated heterocycles. The van der Waals surface area contributed by atoms with Crippen LogP contribution in [-0.4, -0.2) is 13.1 Å². The Morgan fingerprint density at radius 2 is 2.16 bits per heavy atom. The molecule has 0 atom stereocenters. The number of carbonyl (C=O) groups is 1. The van der Waals surface area contributed by atoms with E-state index in [-0.39, 0.29) is 5.97 Å². The zero-order chi connectivity index (χ0) is 13.2. The summed E-state index contributed by atoms with van der Waals surface area (Å²) in [6.07, 6.45) is 6.03. The molecule has 1 heterocycles. The minimum absolute atomic E-state index is 0.289. The number of hydrogen-bond acceptors (Lipinski definition) is 4. The molecule has 0 N–H and O–H groups in total. The zero-order valence-electron chi connectivity index (χ0n) is 10.4. The van der Waals surface area contributed by atoms with E-state index in [1.165, 1.54) is 7.11 Å². The van der Waals surface area contributed by atoms with Gasteiger partial charge in [0.2, 0.25) is 0 Å². The third kappa shape index (κ3) is 2.31. The number of fused-ring (bicyclic) bond motifs is 2. The fraction of sp³-hybridized carbons (Fsp3) is 0.133. The Hall–Kier alpha value is -1.94. The van der Waals surface area contributed by atoms with Crippen molar-refractivity contribution in [3.63, 3.8) is 0 Å². The fourth-order valence-electron chi connectivity index (χ4n) is 1.99. The maximum absolute atomic E-state index is 11.6. The van der Waals surface area contributed by atoms with Crippen LogP contribution in [0.2, 0.25) is 0 Å². The molecule has 2 aliphatic rings. The van der Waals surface area contributed by atoms with Gasteiger partial charge in [-0.15, -0.1) is 0 Å². The minimum Gasteiger partial charge on any atom is -0.466 e. The van der Waals surface area contributed by atoms with Gasteiger partial charge in [0.1, 0.15) is 5.75 Å².